The van der Waals surface area contributed by atoms with Crippen LogP contribution < -0.4 is 0 Å². The molecule has 0 aliphatic rings. The van der Waals surface area contributed by atoms with Crippen LogP contribution in [-0.2, 0) is 0 Å². The van der Waals surface area contributed by atoms with Crippen molar-refractivity contribution < 1.29 is 4.39 Å². The summed E-state index contributed by atoms with van der Waals surface area (Å²) in [5.74, 6) is -0.203. The lowest BCUT2D eigenvalue weighted by Crippen LogP contribution is -2.04. The molecule has 1 rings (SSSR count). The highest BCUT2D eigenvalue weighted by Gasteiger charge is 2.15. The summed E-state index contributed by atoms with van der Waals surface area (Å²) < 4.78 is 12.6. The molecule has 0 aromatic heterocycles. The fourth-order valence-electron chi connectivity index (χ4n) is 1.24. The topological polar surface area (TPSA) is 0 Å². The van der Waals surface area contributed by atoms with Crippen LogP contribution in [0.2, 0.25) is 0 Å². The van der Waals surface area contributed by atoms with E-state index < -0.39 is 0 Å². The fraction of sp³-hybridized carbons (Fsp3) is 0.400. The quantitative estimate of drug-likeness (QED) is 0.695. The van der Waals surface area contributed by atoms with Crippen LogP contribution in [0.1, 0.15) is 17.7 Å². The lowest BCUT2D eigenvalue weighted by Gasteiger charge is -2.16. The molecule has 2 atom stereocenters. The Morgan fingerprint density at radius 1 is 1.31 bits per heavy atom. The Morgan fingerprint density at radius 2 is 1.85 bits per heavy atom. The average Bonchev–Trinajstić information content (AvgIpc) is 2.09. The van der Waals surface area contributed by atoms with E-state index in [4.69, 9.17) is 11.6 Å². The molecule has 1 aromatic rings. The van der Waals surface area contributed by atoms with Crippen molar-refractivity contribution in [3.05, 3.63) is 35.6 Å². The van der Waals surface area contributed by atoms with Crippen LogP contribution in [-0.4, -0.2) is 11.6 Å². The number of benzene rings is 1. The maximum absolute atomic E-state index is 12.6. The van der Waals surface area contributed by atoms with Crippen LogP contribution in [0.15, 0.2) is 24.3 Å². The van der Waals surface area contributed by atoms with Crippen molar-refractivity contribution in [3.63, 3.8) is 0 Å². The second-order valence-corrected chi connectivity index (χ2v) is 4.55. The Labute approximate surface area is 87.5 Å². The average molecular weight is 219 g/mol. The standard InChI is InChI=1S/C10H12ClFS/c1-7(11)10(13-2)8-3-5-9(12)6-4-8/h3-7,10H,1-2H3. The maximum Gasteiger partial charge on any atom is 0.123 e. The number of alkyl halides is 1. The normalized spacial score (nSPS) is 15.4. The van der Waals surface area contributed by atoms with Gasteiger partial charge in [0.05, 0.1) is 0 Å². The van der Waals surface area contributed by atoms with Crippen molar-refractivity contribution in [3.8, 4) is 0 Å². The van der Waals surface area contributed by atoms with E-state index in [9.17, 15) is 4.39 Å². The Bertz CT molecular complexity index is 258. The highest BCUT2D eigenvalue weighted by atomic mass is 35.5. The molecular weight excluding hydrogens is 207 g/mol. The van der Waals surface area contributed by atoms with Crippen LogP contribution in [0.3, 0.4) is 0 Å². The van der Waals surface area contributed by atoms with E-state index in [0.717, 1.165) is 5.56 Å². The molecular formula is C10H12ClFS. The summed E-state index contributed by atoms with van der Waals surface area (Å²) in [6.07, 6.45) is 2.01. The molecule has 2 unspecified atom stereocenters. The van der Waals surface area contributed by atoms with Crippen molar-refractivity contribution in [1.29, 1.82) is 0 Å². The minimum absolute atomic E-state index is 0.0560. The van der Waals surface area contributed by atoms with E-state index in [0.29, 0.717) is 0 Å². The third-order valence-electron chi connectivity index (χ3n) is 1.87. The Balaban J connectivity index is 2.86. The molecule has 0 amide bonds. The highest BCUT2D eigenvalue weighted by molar-refractivity contribution is 7.98. The molecule has 1 aromatic carbocycles. The van der Waals surface area contributed by atoms with Gasteiger partial charge in [0.15, 0.2) is 0 Å². The van der Waals surface area contributed by atoms with E-state index in [1.54, 1.807) is 23.9 Å². The monoisotopic (exact) mass is 218 g/mol. The van der Waals surface area contributed by atoms with Crippen molar-refractivity contribution in [1.82, 2.24) is 0 Å². The Kier molecular flexibility index (Phi) is 4.07. The summed E-state index contributed by atoms with van der Waals surface area (Å²) in [5, 5.41) is 0.294. The zero-order valence-electron chi connectivity index (χ0n) is 7.63. The molecule has 72 valence electrons. The number of hydrogen-bond donors (Lipinski definition) is 0. The van der Waals surface area contributed by atoms with Crippen molar-refractivity contribution >= 4 is 23.4 Å². The minimum Gasteiger partial charge on any atom is -0.207 e. The first kappa shape index (κ1) is 10.9. The number of thioether (sulfide) groups is 1. The van der Waals surface area contributed by atoms with Gasteiger partial charge in [-0.05, 0) is 30.9 Å². The summed E-state index contributed by atoms with van der Waals surface area (Å²) in [7, 11) is 0. The van der Waals surface area contributed by atoms with Gasteiger partial charge in [-0.25, -0.2) is 4.39 Å². The number of rotatable bonds is 3. The molecule has 0 radical (unpaired) electrons. The predicted octanol–water partition coefficient (Wildman–Crippen LogP) is 3.86. The maximum atomic E-state index is 12.6. The summed E-state index contributed by atoms with van der Waals surface area (Å²) in [5.41, 5.74) is 1.08. The van der Waals surface area contributed by atoms with Gasteiger partial charge < -0.3 is 0 Å². The number of halogens is 2. The predicted molar refractivity (Wildman–Crippen MR) is 58.0 cm³/mol. The van der Waals surface area contributed by atoms with Gasteiger partial charge >= 0.3 is 0 Å². The Morgan fingerprint density at radius 3 is 2.23 bits per heavy atom. The summed E-state index contributed by atoms with van der Waals surface area (Å²) in [6, 6.07) is 6.51. The second-order valence-electron chi connectivity index (χ2n) is 2.89. The molecule has 0 N–H and O–H groups in total. The molecule has 13 heavy (non-hydrogen) atoms. The highest BCUT2D eigenvalue weighted by Crippen LogP contribution is 2.32. The van der Waals surface area contributed by atoms with E-state index in [2.05, 4.69) is 0 Å². The van der Waals surface area contributed by atoms with Crippen LogP contribution in [0.4, 0.5) is 4.39 Å². The molecule has 0 aliphatic carbocycles. The zero-order chi connectivity index (χ0) is 9.84. The molecule has 3 heteroatoms. The SMILES string of the molecule is CSC(c1ccc(F)cc1)C(C)Cl. The summed E-state index contributed by atoms with van der Waals surface area (Å²) in [4.78, 5) is 0. The first-order valence-corrected chi connectivity index (χ1v) is 5.80. The first-order valence-electron chi connectivity index (χ1n) is 4.07. The van der Waals surface area contributed by atoms with E-state index in [1.807, 2.05) is 13.2 Å². The van der Waals surface area contributed by atoms with Gasteiger partial charge in [-0.3, -0.25) is 0 Å². The fourth-order valence-corrected chi connectivity index (χ4v) is 2.50. The van der Waals surface area contributed by atoms with E-state index >= 15 is 0 Å². The van der Waals surface area contributed by atoms with Crippen molar-refractivity contribution in [2.75, 3.05) is 6.26 Å². The van der Waals surface area contributed by atoms with Gasteiger partial charge in [-0.1, -0.05) is 12.1 Å². The molecule has 0 bridgehead atoms. The van der Waals surface area contributed by atoms with E-state index in [-0.39, 0.29) is 16.4 Å². The lowest BCUT2D eigenvalue weighted by molar-refractivity contribution is 0.626. The molecule has 0 aliphatic heterocycles. The van der Waals surface area contributed by atoms with Crippen molar-refractivity contribution in [2.24, 2.45) is 0 Å². The molecule has 0 nitrogen and oxygen atoms in total. The largest absolute Gasteiger partial charge is 0.207 e. The molecule has 0 heterocycles. The molecule has 0 saturated heterocycles. The van der Waals surface area contributed by atoms with Crippen LogP contribution in [0.5, 0.6) is 0 Å². The molecule has 0 spiro atoms. The van der Waals surface area contributed by atoms with Crippen molar-refractivity contribution in [2.45, 2.75) is 17.6 Å². The second kappa shape index (κ2) is 4.87. The van der Waals surface area contributed by atoms with Crippen LogP contribution in [0.25, 0.3) is 0 Å². The third kappa shape index (κ3) is 2.89. The molecule has 0 fully saturated rings. The van der Waals surface area contributed by atoms with Crippen LogP contribution in [0, 0.1) is 5.82 Å². The molecule has 0 saturated carbocycles. The van der Waals surface area contributed by atoms with Gasteiger partial charge in [-0.15, -0.1) is 11.6 Å². The number of hydrogen-bond acceptors (Lipinski definition) is 1. The van der Waals surface area contributed by atoms with Gasteiger partial charge in [0.25, 0.3) is 0 Å². The van der Waals surface area contributed by atoms with Gasteiger partial charge in [0.1, 0.15) is 5.82 Å². The first-order chi connectivity index (χ1) is 6.15. The van der Waals surface area contributed by atoms with Crippen LogP contribution >= 0.6 is 23.4 Å². The van der Waals surface area contributed by atoms with Gasteiger partial charge in [-0.2, -0.15) is 11.8 Å². The van der Waals surface area contributed by atoms with Gasteiger partial charge in [0, 0.05) is 10.6 Å². The van der Waals surface area contributed by atoms with Gasteiger partial charge in [0.2, 0.25) is 0 Å². The minimum atomic E-state index is -0.203. The Hall–Kier alpha value is -0.210. The zero-order valence-corrected chi connectivity index (χ0v) is 9.20. The smallest absolute Gasteiger partial charge is 0.123 e. The summed E-state index contributed by atoms with van der Waals surface area (Å²) in [6.45, 7) is 1.95. The summed E-state index contributed by atoms with van der Waals surface area (Å²) >= 11 is 7.69. The van der Waals surface area contributed by atoms with E-state index in [1.165, 1.54) is 12.1 Å². The third-order valence-corrected chi connectivity index (χ3v) is 3.46. The lowest BCUT2D eigenvalue weighted by atomic mass is 10.1.